The predicted molar refractivity (Wildman–Crippen MR) is 96.4 cm³/mol. The molecule has 3 heterocycles. The molecule has 2 saturated heterocycles. The summed E-state index contributed by atoms with van der Waals surface area (Å²) in [6.45, 7) is 2.45. The van der Waals surface area contributed by atoms with Crippen molar-refractivity contribution in [2.75, 3.05) is 26.2 Å². The molecule has 0 spiro atoms. The van der Waals surface area contributed by atoms with Crippen LogP contribution in [0.2, 0.25) is 0 Å². The second-order valence-corrected chi connectivity index (χ2v) is 8.83. The summed E-state index contributed by atoms with van der Waals surface area (Å²) >= 11 is 0. The number of amides is 1. The Hall–Kier alpha value is -2.12. The largest absolute Gasteiger partial charge is 0.469 e. The zero-order chi connectivity index (χ0) is 18.1. The maximum atomic E-state index is 12.7. The molecule has 7 heteroatoms. The molecule has 1 aromatic heterocycles. The lowest BCUT2D eigenvalue weighted by Crippen LogP contribution is -2.29. The average Bonchev–Trinajstić information content (AvgIpc) is 3.43. The third-order valence-electron chi connectivity index (χ3n) is 5.23. The van der Waals surface area contributed by atoms with Crippen LogP contribution in [0.3, 0.4) is 0 Å². The molecule has 0 N–H and O–H groups in total. The first-order valence-electron chi connectivity index (χ1n) is 8.98. The van der Waals surface area contributed by atoms with E-state index in [0.717, 1.165) is 25.0 Å². The number of rotatable bonds is 4. The first kappa shape index (κ1) is 17.3. The average molecular weight is 374 g/mol. The molecule has 2 aliphatic heterocycles. The van der Waals surface area contributed by atoms with Gasteiger partial charge in [0, 0.05) is 37.7 Å². The summed E-state index contributed by atoms with van der Waals surface area (Å²) in [7, 11) is -3.44. The molecule has 4 rings (SSSR count). The Balaban J connectivity index is 1.46. The van der Waals surface area contributed by atoms with Crippen molar-refractivity contribution in [3.63, 3.8) is 0 Å². The van der Waals surface area contributed by atoms with Gasteiger partial charge in [0.05, 0.1) is 11.2 Å². The van der Waals surface area contributed by atoms with Gasteiger partial charge in [-0.15, -0.1) is 0 Å². The Labute approximate surface area is 153 Å². The summed E-state index contributed by atoms with van der Waals surface area (Å²) < 4.78 is 32.1. The van der Waals surface area contributed by atoms with Gasteiger partial charge in [0.15, 0.2) is 0 Å². The summed E-state index contributed by atoms with van der Waals surface area (Å²) in [5.41, 5.74) is 0.519. The van der Waals surface area contributed by atoms with Crippen molar-refractivity contribution < 1.29 is 17.6 Å². The van der Waals surface area contributed by atoms with E-state index in [4.69, 9.17) is 4.42 Å². The zero-order valence-corrected chi connectivity index (χ0v) is 15.3. The highest BCUT2D eigenvalue weighted by atomic mass is 32.2. The molecule has 138 valence electrons. The van der Waals surface area contributed by atoms with Crippen molar-refractivity contribution in [3.05, 3.63) is 54.0 Å². The number of carbonyl (C=O) groups is 1. The third kappa shape index (κ3) is 3.17. The van der Waals surface area contributed by atoms with Crippen molar-refractivity contribution >= 4 is 15.9 Å². The van der Waals surface area contributed by atoms with Crippen molar-refractivity contribution in [2.24, 2.45) is 0 Å². The summed E-state index contributed by atoms with van der Waals surface area (Å²) in [6.07, 6.45) is 4.34. The normalized spacial score (nSPS) is 21.4. The molecule has 26 heavy (non-hydrogen) atoms. The van der Waals surface area contributed by atoms with E-state index in [2.05, 4.69) is 0 Å². The van der Waals surface area contributed by atoms with E-state index in [9.17, 15) is 13.2 Å². The van der Waals surface area contributed by atoms with Crippen molar-refractivity contribution in [3.8, 4) is 0 Å². The lowest BCUT2D eigenvalue weighted by molar-refractivity contribution is 0.0790. The van der Waals surface area contributed by atoms with Crippen LogP contribution < -0.4 is 0 Å². The number of likely N-dealkylation sites (tertiary alicyclic amines) is 1. The van der Waals surface area contributed by atoms with Crippen molar-refractivity contribution in [2.45, 2.75) is 30.1 Å². The van der Waals surface area contributed by atoms with Crippen LogP contribution in [0, 0.1) is 0 Å². The summed E-state index contributed by atoms with van der Waals surface area (Å²) in [6, 6.07) is 10.1. The number of nitrogens with zero attached hydrogens (tertiary/aromatic N) is 2. The standard InChI is InChI=1S/C19H22N2O4S/c22-19(20-12-9-16(14-20)18-4-3-13-25-18)15-5-7-17(8-6-15)26(23,24)21-10-1-2-11-21/h3-8,13,16H,1-2,9-12,14H2. The Morgan fingerprint density at radius 2 is 1.77 bits per heavy atom. The van der Waals surface area contributed by atoms with Crippen LogP contribution in [0.5, 0.6) is 0 Å². The summed E-state index contributed by atoms with van der Waals surface area (Å²) in [4.78, 5) is 14.8. The predicted octanol–water partition coefficient (Wildman–Crippen LogP) is 2.69. The molecule has 2 aliphatic rings. The van der Waals surface area contributed by atoms with Crippen molar-refractivity contribution in [1.29, 1.82) is 0 Å². The van der Waals surface area contributed by atoms with E-state index in [0.29, 0.717) is 31.7 Å². The van der Waals surface area contributed by atoms with Gasteiger partial charge in [-0.1, -0.05) is 0 Å². The number of hydrogen-bond donors (Lipinski definition) is 0. The number of benzene rings is 1. The van der Waals surface area contributed by atoms with Gasteiger partial charge in [0.1, 0.15) is 5.76 Å². The van der Waals surface area contributed by atoms with Gasteiger partial charge in [-0.2, -0.15) is 4.31 Å². The third-order valence-corrected chi connectivity index (χ3v) is 7.14. The van der Waals surface area contributed by atoms with Crippen molar-refractivity contribution in [1.82, 2.24) is 9.21 Å². The minimum atomic E-state index is -3.44. The van der Waals surface area contributed by atoms with E-state index in [1.807, 2.05) is 12.1 Å². The van der Waals surface area contributed by atoms with Crippen LogP contribution in [0.15, 0.2) is 52.0 Å². The Bertz CT molecular complexity index is 869. The highest BCUT2D eigenvalue weighted by molar-refractivity contribution is 7.89. The molecule has 1 unspecified atom stereocenters. The molecule has 1 aromatic carbocycles. The monoisotopic (exact) mass is 374 g/mol. The molecule has 0 bridgehead atoms. The van der Waals surface area contributed by atoms with Crippen LogP contribution in [0.4, 0.5) is 0 Å². The van der Waals surface area contributed by atoms with E-state index in [1.54, 1.807) is 35.4 Å². The van der Waals surface area contributed by atoms with Crippen LogP contribution in [0.25, 0.3) is 0 Å². The number of sulfonamides is 1. The van der Waals surface area contributed by atoms with Gasteiger partial charge in [-0.05, 0) is 55.7 Å². The smallest absolute Gasteiger partial charge is 0.253 e. The first-order valence-corrected chi connectivity index (χ1v) is 10.4. The second-order valence-electron chi connectivity index (χ2n) is 6.89. The van der Waals surface area contributed by atoms with Gasteiger partial charge in [0.25, 0.3) is 5.91 Å². The zero-order valence-electron chi connectivity index (χ0n) is 14.5. The lowest BCUT2D eigenvalue weighted by atomic mass is 10.1. The highest BCUT2D eigenvalue weighted by Crippen LogP contribution is 2.29. The highest BCUT2D eigenvalue weighted by Gasteiger charge is 2.30. The SMILES string of the molecule is O=C(c1ccc(S(=O)(=O)N2CCCC2)cc1)N1CCC(c2ccco2)C1. The van der Waals surface area contributed by atoms with E-state index in [1.165, 1.54) is 4.31 Å². The topological polar surface area (TPSA) is 70.8 Å². The maximum absolute atomic E-state index is 12.7. The molecular weight excluding hydrogens is 352 g/mol. The Morgan fingerprint density at radius 1 is 1.04 bits per heavy atom. The maximum Gasteiger partial charge on any atom is 0.253 e. The van der Waals surface area contributed by atoms with E-state index < -0.39 is 10.0 Å². The van der Waals surface area contributed by atoms with Crippen LogP contribution in [0.1, 0.15) is 41.3 Å². The van der Waals surface area contributed by atoms with Gasteiger partial charge < -0.3 is 9.32 Å². The van der Waals surface area contributed by atoms with Gasteiger partial charge in [-0.25, -0.2) is 8.42 Å². The van der Waals surface area contributed by atoms with Gasteiger partial charge >= 0.3 is 0 Å². The first-order chi connectivity index (χ1) is 12.6. The fourth-order valence-corrected chi connectivity index (χ4v) is 5.25. The number of carbonyl (C=O) groups excluding carboxylic acids is 1. The molecule has 1 atom stereocenters. The van der Waals surface area contributed by atoms with Gasteiger partial charge in [0.2, 0.25) is 10.0 Å². The molecular formula is C19H22N2O4S. The molecule has 6 nitrogen and oxygen atoms in total. The van der Waals surface area contributed by atoms with Gasteiger partial charge in [-0.3, -0.25) is 4.79 Å². The lowest BCUT2D eigenvalue weighted by Gasteiger charge is -2.18. The number of hydrogen-bond acceptors (Lipinski definition) is 4. The summed E-state index contributed by atoms with van der Waals surface area (Å²) in [5.74, 6) is 1.07. The van der Waals surface area contributed by atoms with E-state index in [-0.39, 0.29) is 16.7 Å². The quantitative estimate of drug-likeness (QED) is 0.825. The fourth-order valence-electron chi connectivity index (χ4n) is 3.73. The molecule has 0 aliphatic carbocycles. The Morgan fingerprint density at radius 3 is 2.42 bits per heavy atom. The van der Waals surface area contributed by atoms with Crippen LogP contribution >= 0.6 is 0 Å². The second kappa shape index (κ2) is 6.89. The Kier molecular flexibility index (Phi) is 4.58. The molecule has 0 radical (unpaired) electrons. The van der Waals surface area contributed by atoms with E-state index >= 15 is 0 Å². The minimum absolute atomic E-state index is 0.0656. The number of furan rings is 1. The van der Waals surface area contributed by atoms with Crippen LogP contribution in [-0.4, -0.2) is 49.7 Å². The van der Waals surface area contributed by atoms with Crippen LogP contribution in [-0.2, 0) is 10.0 Å². The molecule has 2 fully saturated rings. The fraction of sp³-hybridized carbons (Fsp3) is 0.421. The molecule has 1 amide bonds. The minimum Gasteiger partial charge on any atom is -0.469 e. The summed E-state index contributed by atoms with van der Waals surface area (Å²) in [5, 5.41) is 0. The molecule has 2 aromatic rings. The molecule has 0 saturated carbocycles.